The number of hydrogen-bond donors (Lipinski definition) is 4. The minimum atomic E-state index is -1.46. The molecule has 226 valence electrons. The van der Waals surface area contributed by atoms with Crippen LogP contribution in [0, 0.1) is 29.1 Å². The zero-order valence-electron chi connectivity index (χ0n) is 25.2. The average Bonchev–Trinajstić information content (AvgIpc) is 3.56. The Bertz CT molecular complexity index is 1280. The summed E-state index contributed by atoms with van der Waals surface area (Å²) in [6, 6.07) is 7.97. The van der Waals surface area contributed by atoms with Crippen LogP contribution in [0.1, 0.15) is 53.0 Å². The number of carbonyl (C=O) groups is 4. The van der Waals surface area contributed by atoms with Crippen molar-refractivity contribution in [2.75, 3.05) is 6.54 Å². The average molecular weight is 577 g/mol. The lowest BCUT2D eigenvalue weighted by Gasteiger charge is -2.46. The summed E-state index contributed by atoms with van der Waals surface area (Å²) in [5.74, 6) is -2.35. The number of epoxide rings is 1. The van der Waals surface area contributed by atoms with E-state index in [-0.39, 0.29) is 41.7 Å². The summed E-state index contributed by atoms with van der Waals surface area (Å²) in [4.78, 5) is 55.0. The third kappa shape index (κ3) is 5.27. The van der Waals surface area contributed by atoms with Gasteiger partial charge in [0.25, 0.3) is 0 Å². The van der Waals surface area contributed by atoms with Gasteiger partial charge in [-0.25, -0.2) is 0 Å². The summed E-state index contributed by atoms with van der Waals surface area (Å²) < 4.78 is 6.33. The largest absolute Gasteiger partial charge is 0.365 e. The number of nitrogens with one attached hydrogen (secondary N) is 4. The van der Waals surface area contributed by atoms with Gasteiger partial charge in [0.05, 0.1) is 11.7 Å². The Morgan fingerprint density at radius 1 is 0.929 bits per heavy atom. The van der Waals surface area contributed by atoms with Crippen LogP contribution in [0.4, 0.5) is 0 Å². The highest BCUT2D eigenvalue weighted by molar-refractivity contribution is 6.09. The van der Waals surface area contributed by atoms with Gasteiger partial charge in [-0.3, -0.25) is 19.2 Å². The standard InChI is InChI=1S/C33H44N4O5/c1-19(2)17-25-29(39)34-16-12-7-6-11-15-23-27-32(5,42-27)20(3)26-24(18-22-13-9-8-10-14-22)37-31(41)33(23,26)30(40)35-21(4)28(38)36-25/h7-15,19-21,23-27H,6,16-18H2,1-5H3,(H,34,39)(H,35,40)(H,36,38)(H,37,41)/b12-7-,15-11+/t20-,21-,23?,24-,25+,26?,27-,32+,33-/m0/s1. The highest BCUT2D eigenvalue weighted by Gasteiger charge is 2.78. The van der Waals surface area contributed by atoms with E-state index in [9.17, 15) is 19.2 Å². The molecule has 1 saturated carbocycles. The van der Waals surface area contributed by atoms with Crippen molar-refractivity contribution >= 4 is 23.6 Å². The summed E-state index contributed by atoms with van der Waals surface area (Å²) in [6.45, 7) is 10.1. The van der Waals surface area contributed by atoms with Crippen molar-refractivity contribution in [2.45, 2.75) is 83.7 Å². The van der Waals surface area contributed by atoms with Crippen LogP contribution in [0.15, 0.2) is 54.6 Å². The number of rotatable bonds is 4. The number of ether oxygens (including phenoxy) is 1. The van der Waals surface area contributed by atoms with Crippen LogP contribution >= 0.6 is 0 Å². The minimum absolute atomic E-state index is 0.0979. The number of carbonyl (C=O) groups excluding carboxylic acids is 4. The highest BCUT2D eigenvalue weighted by atomic mass is 16.6. The Labute approximate surface area is 248 Å². The van der Waals surface area contributed by atoms with Crippen LogP contribution in [0.2, 0.25) is 0 Å². The van der Waals surface area contributed by atoms with Gasteiger partial charge in [0.15, 0.2) is 0 Å². The van der Waals surface area contributed by atoms with Crippen molar-refractivity contribution in [3.05, 3.63) is 60.2 Å². The summed E-state index contributed by atoms with van der Waals surface area (Å²) in [5, 5.41) is 11.8. The molecular formula is C33H44N4O5. The molecular weight excluding hydrogens is 532 g/mol. The molecule has 4 amide bonds. The second kappa shape index (κ2) is 11.7. The maximum atomic E-state index is 14.5. The van der Waals surface area contributed by atoms with E-state index < -0.39 is 40.8 Å². The predicted molar refractivity (Wildman–Crippen MR) is 159 cm³/mol. The molecule has 1 aliphatic carbocycles. The van der Waals surface area contributed by atoms with E-state index in [1.807, 2.05) is 68.5 Å². The molecule has 42 heavy (non-hydrogen) atoms. The van der Waals surface area contributed by atoms with E-state index in [4.69, 9.17) is 4.74 Å². The Morgan fingerprint density at radius 3 is 2.36 bits per heavy atom. The fraction of sp³-hybridized carbons (Fsp3) is 0.576. The Kier molecular flexibility index (Phi) is 8.34. The SMILES string of the molecule is CC(C)C[C@H]1NC(=O)[C@H](C)NC(=O)[C@@]23C(=O)N[C@@H](Cc4ccccc4)C2[C@H](C)[C@@]2(C)O[C@H]2C3/C=C/C/C=C\CNC1=O. The highest BCUT2D eigenvalue weighted by Crippen LogP contribution is 2.65. The number of fused-ring (bicyclic) bond motifs is 2. The second-order valence-electron chi connectivity index (χ2n) is 13.0. The molecule has 2 saturated heterocycles. The van der Waals surface area contributed by atoms with Crippen molar-refractivity contribution < 1.29 is 23.9 Å². The van der Waals surface area contributed by atoms with Crippen LogP contribution in [0.25, 0.3) is 0 Å². The first-order valence-electron chi connectivity index (χ1n) is 15.2. The third-order valence-corrected chi connectivity index (χ3v) is 9.77. The van der Waals surface area contributed by atoms with Gasteiger partial charge in [-0.05, 0) is 50.5 Å². The lowest BCUT2D eigenvalue weighted by molar-refractivity contribution is -0.151. The molecule has 3 fully saturated rings. The van der Waals surface area contributed by atoms with Gasteiger partial charge in [-0.2, -0.15) is 0 Å². The maximum Gasteiger partial charge on any atom is 0.242 e. The van der Waals surface area contributed by atoms with Gasteiger partial charge in [-0.1, -0.05) is 75.4 Å². The number of benzene rings is 1. The minimum Gasteiger partial charge on any atom is -0.365 e. The molecule has 1 spiro atoms. The molecule has 2 unspecified atom stereocenters. The normalized spacial score (nSPS) is 40.0. The van der Waals surface area contributed by atoms with Crippen molar-refractivity contribution in [3.63, 3.8) is 0 Å². The van der Waals surface area contributed by atoms with Gasteiger partial charge in [0.2, 0.25) is 23.6 Å². The van der Waals surface area contributed by atoms with Crippen molar-refractivity contribution in [2.24, 2.45) is 29.1 Å². The predicted octanol–water partition coefficient (Wildman–Crippen LogP) is 2.42. The lowest BCUT2D eigenvalue weighted by atomic mass is 9.52. The maximum absolute atomic E-state index is 14.5. The molecule has 9 atom stereocenters. The topological polar surface area (TPSA) is 129 Å². The number of amides is 4. The summed E-state index contributed by atoms with van der Waals surface area (Å²) >= 11 is 0. The molecule has 0 radical (unpaired) electrons. The molecule has 9 heteroatoms. The van der Waals surface area contributed by atoms with Crippen LogP contribution in [-0.4, -0.2) is 60.0 Å². The Balaban J connectivity index is 1.54. The summed E-state index contributed by atoms with van der Waals surface area (Å²) in [6.07, 6.45) is 9.05. The van der Waals surface area contributed by atoms with Crippen molar-refractivity contribution in [1.29, 1.82) is 0 Å². The van der Waals surface area contributed by atoms with E-state index in [1.54, 1.807) is 6.92 Å². The Morgan fingerprint density at radius 2 is 1.64 bits per heavy atom. The van der Waals surface area contributed by atoms with E-state index >= 15 is 0 Å². The molecule has 9 nitrogen and oxygen atoms in total. The second-order valence-corrected chi connectivity index (χ2v) is 13.0. The van der Waals surface area contributed by atoms with E-state index in [0.29, 0.717) is 25.8 Å². The molecule has 5 rings (SSSR count). The Hall–Kier alpha value is -3.46. The van der Waals surface area contributed by atoms with Crippen LogP contribution < -0.4 is 21.3 Å². The monoisotopic (exact) mass is 576 g/mol. The molecule has 4 N–H and O–H groups in total. The van der Waals surface area contributed by atoms with Gasteiger partial charge in [0.1, 0.15) is 17.5 Å². The van der Waals surface area contributed by atoms with Gasteiger partial charge in [-0.15, -0.1) is 0 Å². The number of hydrogen-bond acceptors (Lipinski definition) is 5. The fourth-order valence-electron chi connectivity index (χ4n) is 7.45. The summed E-state index contributed by atoms with van der Waals surface area (Å²) in [7, 11) is 0. The molecule has 1 aromatic rings. The molecule has 0 aromatic heterocycles. The van der Waals surface area contributed by atoms with Gasteiger partial charge >= 0.3 is 0 Å². The van der Waals surface area contributed by atoms with Gasteiger partial charge in [0, 0.05) is 24.4 Å². The molecule has 1 aromatic carbocycles. The fourth-order valence-corrected chi connectivity index (χ4v) is 7.45. The molecule has 4 aliphatic rings. The zero-order valence-corrected chi connectivity index (χ0v) is 25.2. The first kappa shape index (κ1) is 30.0. The third-order valence-electron chi connectivity index (χ3n) is 9.77. The first-order valence-corrected chi connectivity index (χ1v) is 15.2. The summed E-state index contributed by atoms with van der Waals surface area (Å²) in [5.41, 5.74) is -0.845. The molecule has 3 aliphatic heterocycles. The van der Waals surface area contributed by atoms with Crippen molar-refractivity contribution in [3.8, 4) is 0 Å². The van der Waals surface area contributed by atoms with Gasteiger partial charge < -0.3 is 26.0 Å². The number of allylic oxidation sites excluding steroid dienone is 2. The van der Waals surface area contributed by atoms with E-state index in [2.05, 4.69) is 35.1 Å². The van der Waals surface area contributed by atoms with Crippen molar-refractivity contribution in [1.82, 2.24) is 21.3 Å². The first-order chi connectivity index (χ1) is 20.0. The van der Waals surface area contributed by atoms with Crippen LogP contribution in [-0.2, 0) is 30.3 Å². The molecule has 3 heterocycles. The van der Waals surface area contributed by atoms with E-state index in [0.717, 1.165) is 5.56 Å². The molecule has 0 bridgehead atoms. The smallest absolute Gasteiger partial charge is 0.242 e. The van der Waals surface area contributed by atoms with E-state index in [1.165, 1.54) is 0 Å². The van der Waals surface area contributed by atoms with Crippen LogP contribution in [0.5, 0.6) is 0 Å². The van der Waals surface area contributed by atoms with Crippen LogP contribution in [0.3, 0.4) is 0 Å². The quantitative estimate of drug-likeness (QED) is 0.249. The zero-order chi connectivity index (χ0) is 30.2. The lowest BCUT2D eigenvalue weighted by Crippen LogP contribution is -2.63.